The Morgan fingerprint density at radius 1 is 1.20 bits per heavy atom. The van der Waals surface area contributed by atoms with E-state index in [4.69, 9.17) is 17.2 Å². The van der Waals surface area contributed by atoms with Crippen LogP contribution in [0.4, 0.5) is 5.82 Å². The van der Waals surface area contributed by atoms with Gasteiger partial charge in [0, 0.05) is 38.9 Å². The lowest BCUT2D eigenvalue weighted by Gasteiger charge is -2.34. The van der Waals surface area contributed by atoms with Crippen LogP contribution < -0.4 is 10.5 Å². The fourth-order valence-corrected chi connectivity index (χ4v) is 4.91. The van der Waals surface area contributed by atoms with Crippen LogP contribution in [0.15, 0.2) is 34.1 Å². The van der Waals surface area contributed by atoms with E-state index in [2.05, 4.69) is 23.8 Å². The van der Waals surface area contributed by atoms with Gasteiger partial charge in [-0.1, -0.05) is 43.4 Å². The highest BCUT2D eigenvalue weighted by atomic mass is 32.2. The Hall–Kier alpha value is -2.23. The van der Waals surface area contributed by atoms with Crippen molar-refractivity contribution < 1.29 is 4.79 Å². The summed E-state index contributed by atoms with van der Waals surface area (Å²) in [4.78, 5) is 37.6. The summed E-state index contributed by atoms with van der Waals surface area (Å²) in [5.41, 5.74) is 0.872. The number of nitrogens with zero attached hydrogens (tertiary/aromatic N) is 5. The topological polar surface area (TPSA) is 61.2 Å². The van der Waals surface area contributed by atoms with Crippen LogP contribution in [-0.2, 0) is 4.79 Å². The maximum absolute atomic E-state index is 13.4. The number of carbonyl (C=O) groups excluding carboxylic acids is 1. The Bertz CT molecular complexity index is 1070. The molecule has 4 rings (SSSR count). The Balaban J connectivity index is 1.79. The van der Waals surface area contributed by atoms with Gasteiger partial charge in [-0.3, -0.25) is 18.9 Å². The first kappa shape index (κ1) is 21.0. The third-order valence-electron chi connectivity index (χ3n) is 5.44. The number of fused-ring (bicyclic) bond motifs is 1. The van der Waals surface area contributed by atoms with E-state index in [1.54, 1.807) is 23.2 Å². The number of thioether (sulfide) groups is 1. The average molecular weight is 444 g/mol. The third kappa shape index (κ3) is 4.01. The second-order valence-electron chi connectivity index (χ2n) is 7.56. The summed E-state index contributed by atoms with van der Waals surface area (Å²) in [5.74, 6) is 0.512. The van der Waals surface area contributed by atoms with E-state index in [-0.39, 0.29) is 11.5 Å². The number of anilines is 1. The SMILES string of the molecule is CCCCN1C(=O)C(=Cc2c(N3CCN(C)CC3)nc3ccccn3c2=O)SC1=S. The number of amides is 1. The van der Waals surface area contributed by atoms with E-state index in [1.165, 1.54) is 16.2 Å². The number of hydrogen-bond donors (Lipinski definition) is 0. The summed E-state index contributed by atoms with van der Waals surface area (Å²) >= 11 is 6.68. The molecule has 0 spiro atoms. The molecule has 0 bridgehead atoms. The van der Waals surface area contributed by atoms with Crippen molar-refractivity contribution in [3.05, 3.63) is 45.2 Å². The molecule has 2 aromatic heterocycles. The Morgan fingerprint density at radius 2 is 1.97 bits per heavy atom. The van der Waals surface area contributed by atoms with Gasteiger partial charge in [0.25, 0.3) is 11.5 Å². The minimum Gasteiger partial charge on any atom is -0.353 e. The number of hydrogen-bond acceptors (Lipinski definition) is 7. The number of likely N-dealkylation sites (N-methyl/N-ethyl adjacent to an activating group) is 1. The number of carbonyl (C=O) groups is 1. The number of rotatable bonds is 5. The lowest BCUT2D eigenvalue weighted by molar-refractivity contribution is -0.122. The minimum absolute atomic E-state index is 0.125. The van der Waals surface area contributed by atoms with Crippen molar-refractivity contribution >= 4 is 51.7 Å². The first-order valence-corrected chi connectivity index (χ1v) is 11.4. The molecule has 0 aliphatic carbocycles. The zero-order chi connectivity index (χ0) is 21.3. The molecule has 4 heterocycles. The summed E-state index contributed by atoms with van der Waals surface area (Å²) in [5, 5.41) is 0. The van der Waals surface area contributed by atoms with Crippen molar-refractivity contribution in [2.45, 2.75) is 19.8 Å². The quantitative estimate of drug-likeness (QED) is 0.520. The Kier molecular flexibility index (Phi) is 6.21. The monoisotopic (exact) mass is 443 g/mol. The maximum Gasteiger partial charge on any atom is 0.267 e. The highest BCUT2D eigenvalue weighted by Gasteiger charge is 2.32. The third-order valence-corrected chi connectivity index (χ3v) is 6.81. The van der Waals surface area contributed by atoms with Crippen molar-refractivity contribution in [2.75, 3.05) is 44.7 Å². The summed E-state index contributed by atoms with van der Waals surface area (Å²) in [6, 6.07) is 5.50. The zero-order valence-electron chi connectivity index (χ0n) is 17.2. The molecule has 9 heteroatoms. The molecule has 2 aliphatic heterocycles. The first-order valence-electron chi connectivity index (χ1n) is 10.2. The number of thiocarbonyl (C=S) groups is 1. The van der Waals surface area contributed by atoms with E-state index in [0.717, 1.165) is 39.0 Å². The van der Waals surface area contributed by atoms with Crippen molar-refractivity contribution in [1.82, 2.24) is 19.2 Å². The second-order valence-corrected chi connectivity index (χ2v) is 9.24. The molecule has 2 fully saturated rings. The van der Waals surface area contributed by atoms with Crippen molar-refractivity contribution in [3.8, 4) is 0 Å². The van der Waals surface area contributed by atoms with E-state index in [9.17, 15) is 9.59 Å². The molecule has 0 saturated carbocycles. The predicted octanol–water partition coefficient (Wildman–Crippen LogP) is 2.45. The van der Waals surface area contributed by atoms with Crippen molar-refractivity contribution in [1.29, 1.82) is 0 Å². The first-order chi connectivity index (χ1) is 14.5. The molecule has 0 N–H and O–H groups in total. The molecule has 2 aliphatic rings. The number of pyridine rings is 1. The van der Waals surface area contributed by atoms with E-state index >= 15 is 0 Å². The lowest BCUT2D eigenvalue weighted by Crippen LogP contribution is -2.45. The average Bonchev–Trinajstić information content (AvgIpc) is 3.01. The summed E-state index contributed by atoms with van der Waals surface area (Å²) in [6.45, 7) is 6.05. The van der Waals surface area contributed by atoms with Crippen LogP contribution in [0.5, 0.6) is 0 Å². The van der Waals surface area contributed by atoms with E-state index < -0.39 is 0 Å². The molecule has 0 atom stereocenters. The molecule has 30 heavy (non-hydrogen) atoms. The number of aromatic nitrogens is 2. The minimum atomic E-state index is -0.173. The highest BCUT2D eigenvalue weighted by Crippen LogP contribution is 2.33. The highest BCUT2D eigenvalue weighted by molar-refractivity contribution is 8.26. The number of piperazine rings is 1. The lowest BCUT2D eigenvalue weighted by atomic mass is 10.2. The summed E-state index contributed by atoms with van der Waals surface area (Å²) < 4.78 is 2.08. The Labute approximate surface area is 185 Å². The van der Waals surface area contributed by atoms with Gasteiger partial charge in [-0.25, -0.2) is 4.98 Å². The van der Waals surface area contributed by atoms with Gasteiger partial charge >= 0.3 is 0 Å². The van der Waals surface area contributed by atoms with Crippen LogP contribution in [0, 0.1) is 0 Å². The molecule has 0 radical (unpaired) electrons. The smallest absolute Gasteiger partial charge is 0.267 e. The molecule has 2 aromatic rings. The molecule has 0 unspecified atom stereocenters. The number of unbranched alkanes of at least 4 members (excludes halogenated alkanes) is 1. The predicted molar refractivity (Wildman–Crippen MR) is 126 cm³/mol. The van der Waals surface area contributed by atoms with Gasteiger partial charge in [0.2, 0.25) is 0 Å². The fraction of sp³-hybridized carbons (Fsp3) is 0.429. The molecule has 158 valence electrons. The zero-order valence-corrected chi connectivity index (χ0v) is 18.8. The molecule has 2 saturated heterocycles. The van der Waals surface area contributed by atoms with E-state index in [0.29, 0.717) is 32.8 Å². The van der Waals surface area contributed by atoms with Crippen LogP contribution >= 0.6 is 24.0 Å². The van der Waals surface area contributed by atoms with Crippen LogP contribution in [0.1, 0.15) is 25.3 Å². The summed E-state index contributed by atoms with van der Waals surface area (Å²) in [7, 11) is 2.09. The Morgan fingerprint density at radius 3 is 2.70 bits per heavy atom. The van der Waals surface area contributed by atoms with Gasteiger partial charge < -0.3 is 9.80 Å². The van der Waals surface area contributed by atoms with Crippen LogP contribution in [0.25, 0.3) is 11.7 Å². The molecule has 7 nitrogen and oxygen atoms in total. The van der Waals surface area contributed by atoms with Crippen LogP contribution in [0.3, 0.4) is 0 Å². The van der Waals surface area contributed by atoms with Gasteiger partial charge in [0.15, 0.2) is 0 Å². The summed E-state index contributed by atoms with van der Waals surface area (Å²) in [6.07, 6.45) is 5.28. The molecule has 1 amide bonds. The second kappa shape index (κ2) is 8.87. The molecular weight excluding hydrogens is 418 g/mol. The standard InChI is InChI=1S/C21H25N5O2S2/c1-3-4-8-26-20(28)16(30-21(26)29)14-15-18(24-12-10-23(2)11-13-24)22-17-7-5-6-9-25(17)19(15)27/h5-7,9,14H,3-4,8,10-13H2,1-2H3. The van der Waals surface area contributed by atoms with Gasteiger partial charge in [-0.05, 0) is 31.7 Å². The van der Waals surface area contributed by atoms with Crippen molar-refractivity contribution in [3.63, 3.8) is 0 Å². The van der Waals surface area contributed by atoms with Gasteiger partial charge in [0.1, 0.15) is 15.8 Å². The van der Waals surface area contributed by atoms with E-state index in [1.807, 2.05) is 12.1 Å². The van der Waals surface area contributed by atoms with Gasteiger partial charge in [-0.15, -0.1) is 0 Å². The van der Waals surface area contributed by atoms with Crippen LogP contribution in [-0.4, -0.2) is 69.2 Å². The van der Waals surface area contributed by atoms with Gasteiger partial charge in [-0.2, -0.15) is 0 Å². The molecular formula is C21H25N5O2S2. The van der Waals surface area contributed by atoms with Gasteiger partial charge in [0.05, 0.1) is 10.5 Å². The largest absolute Gasteiger partial charge is 0.353 e. The fourth-order valence-electron chi connectivity index (χ4n) is 3.62. The maximum atomic E-state index is 13.4. The normalized spacial score (nSPS) is 19.5. The molecule has 0 aromatic carbocycles. The van der Waals surface area contributed by atoms with Crippen LogP contribution in [0.2, 0.25) is 0 Å². The van der Waals surface area contributed by atoms with Crippen molar-refractivity contribution in [2.24, 2.45) is 0 Å².